The van der Waals surface area contributed by atoms with Gasteiger partial charge in [0.2, 0.25) is 0 Å². The summed E-state index contributed by atoms with van der Waals surface area (Å²) in [6.07, 6.45) is -2.98. The number of alkyl halides is 3. The average molecular weight is 295 g/mol. The summed E-state index contributed by atoms with van der Waals surface area (Å²) in [6, 6.07) is 6.84. The number of hydrogen-bond donors (Lipinski definition) is 1. The zero-order chi connectivity index (χ0) is 14.2. The van der Waals surface area contributed by atoms with Gasteiger partial charge in [0.1, 0.15) is 17.0 Å². The van der Waals surface area contributed by atoms with Crippen LogP contribution in [-0.2, 0) is 6.18 Å². The minimum Gasteiger partial charge on any atom is -0.340 e. The number of rotatable bonds is 2. The van der Waals surface area contributed by atoms with Crippen LogP contribution in [0.2, 0.25) is 0 Å². The molecule has 2 aromatic heterocycles. The standard InChI is InChI=1S/C13H8F3N3S/c14-13(15,16)8-2-1-3-9(6-8)19-11-10-4-5-20-12(10)18-7-17-11/h1-7H,(H,17,18,19). The first-order valence-corrected chi connectivity index (χ1v) is 6.54. The van der Waals surface area contributed by atoms with Crippen molar-refractivity contribution in [3.8, 4) is 0 Å². The predicted molar refractivity (Wildman–Crippen MR) is 72.1 cm³/mol. The second-order valence-electron chi connectivity index (χ2n) is 4.07. The Bertz CT molecular complexity index is 752. The van der Waals surface area contributed by atoms with Crippen molar-refractivity contribution in [2.24, 2.45) is 0 Å². The number of halogens is 3. The van der Waals surface area contributed by atoms with Crippen LogP contribution in [0, 0.1) is 0 Å². The molecule has 0 atom stereocenters. The van der Waals surface area contributed by atoms with Gasteiger partial charge in [-0.3, -0.25) is 0 Å². The molecule has 0 radical (unpaired) electrons. The highest BCUT2D eigenvalue weighted by atomic mass is 32.1. The zero-order valence-electron chi connectivity index (χ0n) is 9.98. The molecule has 2 heterocycles. The summed E-state index contributed by atoms with van der Waals surface area (Å²) in [4.78, 5) is 8.94. The average Bonchev–Trinajstić information content (AvgIpc) is 2.87. The number of fused-ring (bicyclic) bond motifs is 1. The van der Waals surface area contributed by atoms with Crippen LogP contribution in [0.4, 0.5) is 24.7 Å². The van der Waals surface area contributed by atoms with Crippen LogP contribution in [0.15, 0.2) is 42.0 Å². The lowest BCUT2D eigenvalue weighted by atomic mass is 10.2. The number of thiophene rings is 1. The molecule has 0 fully saturated rings. The van der Waals surface area contributed by atoms with Crippen molar-refractivity contribution in [2.45, 2.75) is 6.18 Å². The topological polar surface area (TPSA) is 37.8 Å². The molecule has 1 aromatic carbocycles. The molecule has 20 heavy (non-hydrogen) atoms. The lowest BCUT2D eigenvalue weighted by molar-refractivity contribution is -0.137. The van der Waals surface area contributed by atoms with Crippen molar-refractivity contribution in [3.05, 3.63) is 47.6 Å². The Morgan fingerprint density at radius 1 is 1.10 bits per heavy atom. The number of hydrogen-bond acceptors (Lipinski definition) is 4. The van der Waals surface area contributed by atoms with Crippen molar-refractivity contribution < 1.29 is 13.2 Å². The third kappa shape index (κ3) is 2.44. The van der Waals surface area contributed by atoms with Crippen molar-refractivity contribution in [2.75, 3.05) is 5.32 Å². The summed E-state index contributed by atoms with van der Waals surface area (Å²) in [5, 5.41) is 5.55. The van der Waals surface area contributed by atoms with Gasteiger partial charge in [0, 0.05) is 5.69 Å². The van der Waals surface area contributed by atoms with E-state index in [-0.39, 0.29) is 0 Å². The Kier molecular flexibility index (Phi) is 3.06. The Labute approximate surface area is 116 Å². The maximum Gasteiger partial charge on any atom is 0.416 e. The highest BCUT2D eigenvalue weighted by Gasteiger charge is 2.30. The Morgan fingerprint density at radius 3 is 2.75 bits per heavy atom. The van der Waals surface area contributed by atoms with E-state index in [0.717, 1.165) is 22.3 Å². The summed E-state index contributed by atoms with van der Waals surface area (Å²) < 4.78 is 38.0. The van der Waals surface area contributed by atoms with Crippen molar-refractivity contribution in [1.82, 2.24) is 9.97 Å². The SMILES string of the molecule is FC(F)(F)c1cccc(Nc2ncnc3sccc23)c1. The van der Waals surface area contributed by atoms with E-state index in [1.165, 1.54) is 23.7 Å². The van der Waals surface area contributed by atoms with Gasteiger partial charge in [-0.05, 0) is 29.6 Å². The molecule has 102 valence electrons. The second-order valence-corrected chi connectivity index (χ2v) is 4.96. The molecule has 0 aliphatic heterocycles. The van der Waals surface area contributed by atoms with Crippen LogP contribution in [0.25, 0.3) is 10.2 Å². The van der Waals surface area contributed by atoms with Gasteiger partial charge in [-0.1, -0.05) is 6.07 Å². The molecule has 0 unspecified atom stereocenters. The predicted octanol–water partition coefficient (Wildman–Crippen LogP) is 4.45. The van der Waals surface area contributed by atoms with Gasteiger partial charge >= 0.3 is 6.18 Å². The summed E-state index contributed by atoms with van der Waals surface area (Å²) in [7, 11) is 0. The van der Waals surface area contributed by atoms with E-state index in [1.54, 1.807) is 6.07 Å². The third-order valence-electron chi connectivity index (χ3n) is 2.71. The molecular formula is C13H8F3N3S. The number of aromatic nitrogens is 2. The van der Waals surface area contributed by atoms with Gasteiger partial charge in [0.05, 0.1) is 10.9 Å². The van der Waals surface area contributed by atoms with E-state index < -0.39 is 11.7 Å². The van der Waals surface area contributed by atoms with Gasteiger partial charge < -0.3 is 5.32 Å². The van der Waals surface area contributed by atoms with Gasteiger partial charge in [0.25, 0.3) is 0 Å². The molecule has 0 saturated carbocycles. The molecule has 1 N–H and O–H groups in total. The molecule has 0 spiro atoms. The van der Waals surface area contributed by atoms with Crippen molar-refractivity contribution in [1.29, 1.82) is 0 Å². The molecule has 0 saturated heterocycles. The normalized spacial score (nSPS) is 11.8. The van der Waals surface area contributed by atoms with E-state index in [1.807, 2.05) is 11.4 Å². The smallest absolute Gasteiger partial charge is 0.340 e. The third-order valence-corrected chi connectivity index (χ3v) is 3.54. The molecule has 0 bridgehead atoms. The highest BCUT2D eigenvalue weighted by molar-refractivity contribution is 7.16. The van der Waals surface area contributed by atoms with E-state index >= 15 is 0 Å². The molecule has 0 amide bonds. The molecule has 3 aromatic rings. The second kappa shape index (κ2) is 4.75. The van der Waals surface area contributed by atoms with Gasteiger partial charge in [0.15, 0.2) is 0 Å². The summed E-state index contributed by atoms with van der Waals surface area (Å²) in [6.45, 7) is 0. The largest absolute Gasteiger partial charge is 0.416 e. The van der Waals surface area contributed by atoms with Crippen molar-refractivity contribution in [3.63, 3.8) is 0 Å². The molecule has 3 rings (SSSR count). The minimum absolute atomic E-state index is 0.339. The van der Waals surface area contributed by atoms with Crippen LogP contribution in [0.5, 0.6) is 0 Å². The lowest BCUT2D eigenvalue weighted by Crippen LogP contribution is -2.05. The first-order valence-electron chi connectivity index (χ1n) is 5.66. The summed E-state index contributed by atoms with van der Waals surface area (Å²) in [5.41, 5.74) is -0.357. The first kappa shape index (κ1) is 12.9. The maximum absolute atomic E-state index is 12.7. The van der Waals surface area contributed by atoms with Gasteiger partial charge in [-0.2, -0.15) is 13.2 Å². The van der Waals surface area contributed by atoms with Crippen LogP contribution >= 0.6 is 11.3 Å². The van der Waals surface area contributed by atoms with E-state index in [2.05, 4.69) is 15.3 Å². The Balaban J connectivity index is 1.97. The van der Waals surface area contributed by atoms with E-state index in [9.17, 15) is 13.2 Å². The monoisotopic (exact) mass is 295 g/mol. The fourth-order valence-electron chi connectivity index (χ4n) is 1.80. The summed E-state index contributed by atoms with van der Waals surface area (Å²) in [5.74, 6) is 0.496. The fourth-order valence-corrected chi connectivity index (χ4v) is 2.53. The number of benzene rings is 1. The number of nitrogens with one attached hydrogen (secondary N) is 1. The minimum atomic E-state index is -4.36. The summed E-state index contributed by atoms with van der Waals surface area (Å²) >= 11 is 1.45. The van der Waals surface area contributed by atoms with E-state index in [4.69, 9.17) is 0 Å². The first-order chi connectivity index (χ1) is 9.54. The molecule has 0 aliphatic rings. The Morgan fingerprint density at radius 2 is 1.95 bits per heavy atom. The lowest BCUT2D eigenvalue weighted by Gasteiger charge is -2.10. The van der Waals surface area contributed by atoms with Crippen LogP contribution in [-0.4, -0.2) is 9.97 Å². The maximum atomic E-state index is 12.7. The van der Waals surface area contributed by atoms with Crippen LogP contribution < -0.4 is 5.32 Å². The van der Waals surface area contributed by atoms with Gasteiger partial charge in [-0.15, -0.1) is 11.3 Å². The molecule has 7 heteroatoms. The van der Waals surface area contributed by atoms with Gasteiger partial charge in [-0.25, -0.2) is 9.97 Å². The number of nitrogens with zero attached hydrogens (tertiary/aromatic N) is 2. The molecule has 0 aliphatic carbocycles. The Hall–Kier alpha value is -2.15. The quantitative estimate of drug-likeness (QED) is 0.758. The molecular weight excluding hydrogens is 287 g/mol. The van der Waals surface area contributed by atoms with Crippen molar-refractivity contribution >= 4 is 33.1 Å². The zero-order valence-corrected chi connectivity index (χ0v) is 10.8. The molecule has 3 nitrogen and oxygen atoms in total. The highest BCUT2D eigenvalue weighted by Crippen LogP contribution is 2.32. The van der Waals surface area contributed by atoms with Crippen LogP contribution in [0.1, 0.15) is 5.56 Å². The fraction of sp³-hybridized carbons (Fsp3) is 0.0769. The number of anilines is 2. The van der Waals surface area contributed by atoms with E-state index in [0.29, 0.717) is 11.5 Å². The van der Waals surface area contributed by atoms with Crippen LogP contribution in [0.3, 0.4) is 0 Å².